The van der Waals surface area contributed by atoms with Crippen molar-refractivity contribution in [3.8, 4) is 11.1 Å². The Kier molecular flexibility index (Phi) is 5.34. The van der Waals surface area contributed by atoms with Crippen molar-refractivity contribution in [1.82, 2.24) is 14.9 Å². The highest BCUT2D eigenvalue weighted by molar-refractivity contribution is 7.17. The molecule has 140 valence electrons. The molecule has 1 aliphatic rings. The molecular formula is C21H24N4OS. The molecule has 27 heavy (non-hydrogen) atoms. The van der Waals surface area contributed by atoms with Crippen LogP contribution in [0.1, 0.15) is 26.2 Å². The van der Waals surface area contributed by atoms with E-state index in [1.807, 2.05) is 23.1 Å². The van der Waals surface area contributed by atoms with Crippen LogP contribution in [0.3, 0.4) is 0 Å². The lowest BCUT2D eigenvalue weighted by Crippen LogP contribution is -2.38. The van der Waals surface area contributed by atoms with Crippen LogP contribution >= 0.6 is 11.3 Å². The zero-order valence-electron chi connectivity index (χ0n) is 15.5. The van der Waals surface area contributed by atoms with Crippen molar-refractivity contribution in [3.05, 3.63) is 42.0 Å². The van der Waals surface area contributed by atoms with Gasteiger partial charge >= 0.3 is 0 Å². The number of hydrogen-bond donors (Lipinski definition) is 1. The molecule has 5 nitrogen and oxygen atoms in total. The molecule has 4 rings (SSSR count). The van der Waals surface area contributed by atoms with E-state index >= 15 is 0 Å². The van der Waals surface area contributed by atoms with E-state index in [0.717, 1.165) is 59.0 Å². The molecule has 3 aromatic rings. The molecule has 0 spiro atoms. The van der Waals surface area contributed by atoms with Gasteiger partial charge in [0.25, 0.3) is 0 Å². The summed E-state index contributed by atoms with van der Waals surface area (Å²) in [5, 5.41) is 6.53. The van der Waals surface area contributed by atoms with Crippen molar-refractivity contribution >= 4 is 33.3 Å². The summed E-state index contributed by atoms with van der Waals surface area (Å²) in [6, 6.07) is 10.3. The minimum absolute atomic E-state index is 0.230. The zero-order valence-corrected chi connectivity index (χ0v) is 16.3. The lowest BCUT2D eigenvalue weighted by Gasteiger charge is -2.30. The number of carbonyl (C=O) groups is 1. The minimum atomic E-state index is 0.230. The number of fused-ring (bicyclic) bond motifs is 1. The van der Waals surface area contributed by atoms with E-state index in [0.29, 0.717) is 13.0 Å². The van der Waals surface area contributed by atoms with Crippen molar-refractivity contribution in [2.45, 2.75) is 26.2 Å². The summed E-state index contributed by atoms with van der Waals surface area (Å²) in [7, 11) is 0. The quantitative estimate of drug-likeness (QED) is 0.712. The monoisotopic (exact) mass is 380 g/mol. The Labute approximate surface area is 163 Å². The molecule has 1 saturated heterocycles. The van der Waals surface area contributed by atoms with Gasteiger partial charge in [0.2, 0.25) is 5.91 Å². The number of aromatic nitrogens is 2. The number of carbonyl (C=O) groups excluding carboxylic acids is 1. The average molecular weight is 381 g/mol. The topological polar surface area (TPSA) is 58.1 Å². The van der Waals surface area contributed by atoms with E-state index in [-0.39, 0.29) is 5.91 Å². The molecule has 0 radical (unpaired) electrons. The van der Waals surface area contributed by atoms with Crippen molar-refractivity contribution in [3.63, 3.8) is 0 Å². The molecule has 1 aromatic carbocycles. The Hall–Kier alpha value is -2.47. The zero-order chi connectivity index (χ0) is 18.6. The van der Waals surface area contributed by atoms with Gasteiger partial charge in [-0.15, -0.1) is 11.3 Å². The SMILES string of the molecule is CC1CCN(C(=O)CCNc2ncnc3scc(-c4ccccc4)c23)CC1. The third-order valence-electron chi connectivity index (χ3n) is 5.22. The van der Waals surface area contributed by atoms with Crippen LogP contribution in [0.4, 0.5) is 5.82 Å². The molecule has 0 saturated carbocycles. The van der Waals surface area contributed by atoms with Gasteiger partial charge in [0.15, 0.2) is 0 Å². The molecule has 1 amide bonds. The standard InChI is InChI=1S/C21H24N4OS/c1-15-8-11-25(12-9-15)18(26)7-10-22-20-19-17(16-5-3-2-4-6-16)13-27-21(19)24-14-23-20/h2-6,13-15H,7-12H2,1H3,(H,22,23,24). The summed E-state index contributed by atoms with van der Waals surface area (Å²) in [5.41, 5.74) is 2.29. The first-order valence-corrected chi connectivity index (χ1v) is 10.4. The van der Waals surface area contributed by atoms with Gasteiger partial charge in [0, 0.05) is 37.0 Å². The third-order valence-corrected chi connectivity index (χ3v) is 6.11. The summed E-state index contributed by atoms with van der Waals surface area (Å²) in [4.78, 5) is 24.3. The van der Waals surface area contributed by atoms with Crippen LogP contribution in [0.15, 0.2) is 42.0 Å². The largest absolute Gasteiger partial charge is 0.369 e. The summed E-state index contributed by atoms with van der Waals surface area (Å²) in [6.07, 6.45) is 4.30. The Balaban J connectivity index is 1.46. The third kappa shape index (κ3) is 3.95. The predicted molar refractivity (Wildman–Crippen MR) is 111 cm³/mol. The second kappa shape index (κ2) is 8.05. The van der Waals surface area contributed by atoms with Crippen molar-refractivity contribution in [1.29, 1.82) is 0 Å². The maximum atomic E-state index is 12.5. The molecule has 0 bridgehead atoms. The summed E-state index contributed by atoms with van der Waals surface area (Å²) >= 11 is 1.62. The Morgan fingerprint density at radius 2 is 2.00 bits per heavy atom. The van der Waals surface area contributed by atoms with E-state index < -0.39 is 0 Å². The summed E-state index contributed by atoms with van der Waals surface area (Å²) < 4.78 is 0. The summed E-state index contributed by atoms with van der Waals surface area (Å²) in [6.45, 7) is 4.62. The average Bonchev–Trinajstić information content (AvgIpc) is 3.14. The van der Waals surface area contributed by atoms with Crippen molar-refractivity contribution < 1.29 is 4.79 Å². The number of hydrogen-bond acceptors (Lipinski definition) is 5. The van der Waals surface area contributed by atoms with Gasteiger partial charge in [-0.05, 0) is 24.3 Å². The predicted octanol–water partition coefficient (Wildman–Crippen LogP) is 4.42. The van der Waals surface area contributed by atoms with Crippen LogP contribution in [-0.2, 0) is 4.79 Å². The molecule has 1 aliphatic heterocycles. The van der Waals surface area contributed by atoms with Gasteiger partial charge in [0.1, 0.15) is 17.0 Å². The van der Waals surface area contributed by atoms with Gasteiger partial charge in [-0.3, -0.25) is 4.79 Å². The van der Waals surface area contributed by atoms with Crippen molar-refractivity contribution in [2.75, 3.05) is 25.0 Å². The van der Waals surface area contributed by atoms with Gasteiger partial charge in [-0.1, -0.05) is 37.3 Å². The summed E-state index contributed by atoms with van der Waals surface area (Å²) in [5.74, 6) is 1.77. The van der Waals surface area contributed by atoms with Crippen LogP contribution in [-0.4, -0.2) is 40.4 Å². The van der Waals surface area contributed by atoms with E-state index in [2.05, 4.69) is 39.7 Å². The first kappa shape index (κ1) is 17.9. The normalized spacial score (nSPS) is 15.2. The Bertz CT molecular complexity index is 916. The molecule has 1 fully saturated rings. The smallest absolute Gasteiger partial charge is 0.224 e. The highest BCUT2D eigenvalue weighted by Crippen LogP contribution is 2.36. The first-order chi connectivity index (χ1) is 13.2. The van der Waals surface area contributed by atoms with E-state index in [4.69, 9.17) is 0 Å². The van der Waals surface area contributed by atoms with E-state index in [1.54, 1.807) is 17.7 Å². The molecular weight excluding hydrogens is 356 g/mol. The van der Waals surface area contributed by atoms with Crippen LogP contribution in [0.5, 0.6) is 0 Å². The second-order valence-corrected chi connectivity index (χ2v) is 8.02. The number of likely N-dealkylation sites (tertiary alicyclic amines) is 1. The number of nitrogens with one attached hydrogen (secondary N) is 1. The fourth-order valence-corrected chi connectivity index (χ4v) is 4.46. The van der Waals surface area contributed by atoms with E-state index in [1.165, 1.54) is 0 Å². The van der Waals surface area contributed by atoms with E-state index in [9.17, 15) is 4.79 Å². The Morgan fingerprint density at radius 3 is 2.78 bits per heavy atom. The molecule has 2 aromatic heterocycles. The first-order valence-electron chi connectivity index (χ1n) is 9.51. The number of rotatable bonds is 5. The fourth-order valence-electron chi connectivity index (χ4n) is 3.54. The van der Waals surface area contributed by atoms with Gasteiger partial charge in [-0.25, -0.2) is 9.97 Å². The second-order valence-electron chi connectivity index (χ2n) is 7.16. The van der Waals surface area contributed by atoms with Gasteiger partial charge < -0.3 is 10.2 Å². The highest BCUT2D eigenvalue weighted by Gasteiger charge is 2.20. The number of nitrogens with zero attached hydrogens (tertiary/aromatic N) is 3. The maximum Gasteiger partial charge on any atom is 0.224 e. The molecule has 0 aliphatic carbocycles. The molecule has 6 heteroatoms. The van der Waals surface area contributed by atoms with Gasteiger partial charge in [-0.2, -0.15) is 0 Å². The number of piperidine rings is 1. The van der Waals surface area contributed by atoms with Crippen LogP contribution in [0.2, 0.25) is 0 Å². The number of amides is 1. The van der Waals surface area contributed by atoms with Gasteiger partial charge in [0.05, 0.1) is 5.39 Å². The maximum absolute atomic E-state index is 12.5. The Morgan fingerprint density at radius 1 is 1.22 bits per heavy atom. The van der Waals surface area contributed by atoms with Crippen LogP contribution < -0.4 is 5.32 Å². The highest BCUT2D eigenvalue weighted by atomic mass is 32.1. The fraction of sp³-hybridized carbons (Fsp3) is 0.381. The van der Waals surface area contributed by atoms with Crippen molar-refractivity contribution in [2.24, 2.45) is 5.92 Å². The lowest BCUT2D eigenvalue weighted by atomic mass is 9.99. The van der Waals surface area contributed by atoms with Crippen LogP contribution in [0, 0.1) is 5.92 Å². The number of thiophene rings is 1. The van der Waals surface area contributed by atoms with Crippen LogP contribution in [0.25, 0.3) is 21.3 Å². The molecule has 0 unspecified atom stereocenters. The number of benzene rings is 1. The lowest BCUT2D eigenvalue weighted by molar-refractivity contribution is -0.132. The minimum Gasteiger partial charge on any atom is -0.369 e. The molecule has 0 atom stereocenters. The number of anilines is 1. The molecule has 1 N–H and O–H groups in total. The molecule has 3 heterocycles.